The van der Waals surface area contributed by atoms with Crippen molar-refractivity contribution >= 4 is 58.7 Å². The molecule has 2 aliphatic heterocycles. The summed E-state index contributed by atoms with van der Waals surface area (Å²) in [4.78, 5) is 75.0. The SMILES string of the molecule is O=C(C=Cc1ccc(C=CC(=O)c2cccc(N3C(=O)C=CC3=O)c2)cc1)c1cccc(N2C(=O)C=CC2=O)c1. The minimum Gasteiger partial charge on any atom is -0.289 e. The third kappa shape index (κ3) is 5.41. The molecule has 2 aliphatic rings. The molecule has 3 aromatic carbocycles. The fraction of sp³-hybridized carbons (Fsp3) is 0. The van der Waals surface area contributed by atoms with E-state index in [1.165, 1.54) is 48.6 Å². The molecule has 194 valence electrons. The fourth-order valence-corrected chi connectivity index (χ4v) is 4.16. The summed E-state index contributed by atoms with van der Waals surface area (Å²) in [6.45, 7) is 0. The van der Waals surface area contributed by atoms with Crippen molar-refractivity contribution in [3.63, 3.8) is 0 Å². The number of ketones is 2. The third-order valence-electron chi connectivity index (χ3n) is 6.19. The first-order valence-electron chi connectivity index (χ1n) is 12.2. The van der Waals surface area contributed by atoms with Crippen LogP contribution in [-0.4, -0.2) is 35.2 Å². The normalized spacial score (nSPS) is 14.9. The highest BCUT2D eigenvalue weighted by Gasteiger charge is 2.26. The molecule has 0 bridgehead atoms. The summed E-state index contributed by atoms with van der Waals surface area (Å²) in [5.41, 5.74) is 2.82. The number of benzene rings is 3. The van der Waals surface area contributed by atoms with E-state index < -0.39 is 23.6 Å². The predicted molar refractivity (Wildman–Crippen MR) is 149 cm³/mol. The Labute approximate surface area is 228 Å². The van der Waals surface area contributed by atoms with Gasteiger partial charge in [-0.3, -0.25) is 28.8 Å². The number of allylic oxidation sites excluding steroid dienone is 2. The van der Waals surface area contributed by atoms with Gasteiger partial charge in [0.1, 0.15) is 0 Å². The summed E-state index contributed by atoms with van der Waals surface area (Å²) in [5.74, 6) is -2.41. The van der Waals surface area contributed by atoms with Gasteiger partial charge in [0.05, 0.1) is 11.4 Å². The Morgan fingerprint density at radius 1 is 0.500 bits per heavy atom. The quantitative estimate of drug-likeness (QED) is 0.245. The summed E-state index contributed by atoms with van der Waals surface area (Å²) in [6, 6.07) is 19.7. The molecule has 0 aliphatic carbocycles. The molecule has 3 aromatic rings. The van der Waals surface area contributed by atoms with E-state index in [0.717, 1.165) is 20.9 Å². The second kappa shape index (κ2) is 10.9. The van der Waals surface area contributed by atoms with Gasteiger partial charge in [-0.15, -0.1) is 0 Å². The zero-order valence-electron chi connectivity index (χ0n) is 20.9. The highest BCUT2D eigenvalue weighted by Crippen LogP contribution is 2.22. The van der Waals surface area contributed by atoms with E-state index >= 15 is 0 Å². The maximum Gasteiger partial charge on any atom is 0.258 e. The lowest BCUT2D eigenvalue weighted by atomic mass is 10.1. The number of nitrogens with zero attached hydrogens (tertiary/aromatic N) is 2. The number of imide groups is 2. The van der Waals surface area contributed by atoms with E-state index in [9.17, 15) is 28.8 Å². The van der Waals surface area contributed by atoms with Crippen molar-refractivity contribution in [1.82, 2.24) is 0 Å². The molecule has 0 spiro atoms. The molecule has 0 saturated carbocycles. The second-order valence-corrected chi connectivity index (χ2v) is 8.85. The number of rotatable bonds is 8. The van der Waals surface area contributed by atoms with Gasteiger partial charge in [0.25, 0.3) is 23.6 Å². The van der Waals surface area contributed by atoms with Crippen LogP contribution in [0.5, 0.6) is 0 Å². The average Bonchev–Trinajstić information content (AvgIpc) is 3.49. The van der Waals surface area contributed by atoms with Crippen LogP contribution in [0.3, 0.4) is 0 Å². The van der Waals surface area contributed by atoms with Crippen LogP contribution in [0.1, 0.15) is 31.8 Å². The topological polar surface area (TPSA) is 109 Å². The van der Waals surface area contributed by atoms with Gasteiger partial charge in [0.2, 0.25) is 0 Å². The van der Waals surface area contributed by atoms with Gasteiger partial charge >= 0.3 is 0 Å². The number of carbonyl (C=O) groups excluding carboxylic acids is 6. The van der Waals surface area contributed by atoms with Crippen LogP contribution in [0.2, 0.25) is 0 Å². The van der Waals surface area contributed by atoms with Gasteiger partial charge in [-0.25, -0.2) is 9.80 Å². The van der Waals surface area contributed by atoms with E-state index in [0.29, 0.717) is 22.5 Å². The lowest BCUT2D eigenvalue weighted by Gasteiger charge is -2.14. The molecular weight excluding hydrogens is 508 g/mol. The van der Waals surface area contributed by atoms with Gasteiger partial charge in [-0.2, -0.15) is 0 Å². The molecule has 5 rings (SSSR count). The van der Waals surface area contributed by atoms with Crippen LogP contribution in [-0.2, 0) is 19.2 Å². The zero-order valence-corrected chi connectivity index (χ0v) is 20.9. The van der Waals surface area contributed by atoms with Crippen LogP contribution in [0.15, 0.2) is 109 Å². The van der Waals surface area contributed by atoms with Crippen molar-refractivity contribution in [2.45, 2.75) is 0 Å². The van der Waals surface area contributed by atoms with Crippen molar-refractivity contribution in [2.75, 3.05) is 9.80 Å². The Morgan fingerprint density at radius 2 is 0.850 bits per heavy atom. The van der Waals surface area contributed by atoms with Crippen molar-refractivity contribution in [1.29, 1.82) is 0 Å². The molecule has 0 fully saturated rings. The highest BCUT2D eigenvalue weighted by molar-refractivity contribution is 6.29. The molecule has 0 unspecified atom stereocenters. The maximum absolute atomic E-state index is 12.7. The van der Waals surface area contributed by atoms with E-state index in [1.807, 2.05) is 0 Å². The van der Waals surface area contributed by atoms with Gasteiger partial charge in [-0.05, 0) is 47.5 Å². The Hall–Kier alpha value is -5.76. The fourth-order valence-electron chi connectivity index (χ4n) is 4.16. The van der Waals surface area contributed by atoms with Crippen LogP contribution < -0.4 is 9.80 Å². The van der Waals surface area contributed by atoms with Gasteiger partial charge in [0.15, 0.2) is 11.6 Å². The molecule has 8 nitrogen and oxygen atoms in total. The van der Waals surface area contributed by atoms with Crippen LogP contribution in [0, 0.1) is 0 Å². The van der Waals surface area contributed by atoms with Gasteiger partial charge in [-0.1, -0.05) is 60.7 Å². The van der Waals surface area contributed by atoms with Crippen molar-refractivity contribution in [3.05, 3.63) is 132 Å². The summed E-state index contributed by atoms with van der Waals surface area (Å²) in [5, 5.41) is 0. The standard InChI is InChI=1S/C32H20N2O6/c35-27(23-3-1-5-25(19-23)33-29(37)15-16-30(33)38)13-11-21-7-9-22(10-8-21)12-14-28(36)24-4-2-6-26(20-24)34-31(39)17-18-32(34)40/h1-20H. The molecule has 4 amide bonds. The first-order chi connectivity index (χ1) is 19.3. The lowest BCUT2D eigenvalue weighted by molar-refractivity contribution is -0.121. The van der Waals surface area contributed by atoms with Gasteiger partial charge in [0, 0.05) is 35.4 Å². The summed E-state index contributed by atoms with van der Waals surface area (Å²) in [6.07, 6.45) is 10.8. The number of anilines is 2. The van der Waals surface area contributed by atoms with Crippen molar-refractivity contribution in [3.8, 4) is 0 Å². The monoisotopic (exact) mass is 528 g/mol. The molecule has 8 heteroatoms. The predicted octanol–water partition coefficient (Wildman–Crippen LogP) is 4.34. The lowest BCUT2D eigenvalue weighted by Crippen LogP contribution is -2.29. The number of carbonyl (C=O) groups is 6. The Kier molecular flexibility index (Phi) is 7.07. The minimum atomic E-state index is -0.456. The number of amides is 4. The maximum atomic E-state index is 12.7. The molecule has 2 heterocycles. The Morgan fingerprint density at radius 3 is 1.20 bits per heavy atom. The first kappa shape index (κ1) is 25.9. The van der Waals surface area contributed by atoms with Crippen LogP contribution in [0.25, 0.3) is 12.2 Å². The molecule has 0 radical (unpaired) electrons. The summed E-state index contributed by atoms with van der Waals surface area (Å²) >= 11 is 0. The van der Waals surface area contributed by atoms with E-state index in [2.05, 4.69) is 0 Å². The molecule has 0 atom stereocenters. The smallest absolute Gasteiger partial charge is 0.258 e. The summed E-state index contributed by atoms with van der Waals surface area (Å²) in [7, 11) is 0. The third-order valence-corrected chi connectivity index (χ3v) is 6.19. The number of hydrogen-bond donors (Lipinski definition) is 0. The number of hydrogen-bond acceptors (Lipinski definition) is 6. The minimum absolute atomic E-state index is 0.293. The summed E-state index contributed by atoms with van der Waals surface area (Å²) < 4.78 is 0. The Bertz CT molecular complexity index is 1550. The van der Waals surface area contributed by atoms with E-state index in [1.54, 1.807) is 72.8 Å². The highest BCUT2D eigenvalue weighted by atomic mass is 16.2. The van der Waals surface area contributed by atoms with E-state index in [-0.39, 0.29) is 11.6 Å². The largest absolute Gasteiger partial charge is 0.289 e. The first-order valence-corrected chi connectivity index (χ1v) is 12.2. The Balaban J connectivity index is 1.22. The van der Waals surface area contributed by atoms with Crippen LogP contribution >= 0.6 is 0 Å². The van der Waals surface area contributed by atoms with Crippen molar-refractivity contribution in [2.24, 2.45) is 0 Å². The molecule has 0 N–H and O–H groups in total. The second-order valence-electron chi connectivity index (χ2n) is 8.85. The van der Waals surface area contributed by atoms with Gasteiger partial charge < -0.3 is 0 Å². The van der Waals surface area contributed by atoms with Crippen LogP contribution in [0.4, 0.5) is 11.4 Å². The molecule has 0 aromatic heterocycles. The zero-order chi connectivity index (χ0) is 28.2. The molecule has 0 saturated heterocycles. The molecule has 40 heavy (non-hydrogen) atoms. The van der Waals surface area contributed by atoms with E-state index in [4.69, 9.17) is 0 Å². The van der Waals surface area contributed by atoms with Crippen molar-refractivity contribution < 1.29 is 28.8 Å². The molecular formula is C32H20N2O6. The average molecular weight is 529 g/mol.